The molecule has 0 N–H and O–H groups in total. The summed E-state index contributed by atoms with van der Waals surface area (Å²) in [5, 5.41) is 0. The standard InChI is InChI=1S/3C6H11.V/c3*1-2-4-6-5-3-1;/h3*1H,2-6H2;. The Labute approximate surface area is 125 Å². The van der Waals surface area contributed by atoms with Gasteiger partial charge in [0.2, 0.25) is 0 Å². The summed E-state index contributed by atoms with van der Waals surface area (Å²) < 4.78 is 3.81. The molecule has 1 heteroatoms. The third-order valence-corrected chi connectivity index (χ3v) is 12.4. The molecule has 3 fully saturated rings. The molecule has 3 saturated carbocycles. The summed E-state index contributed by atoms with van der Waals surface area (Å²) in [5.74, 6) is 0. The van der Waals surface area contributed by atoms with E-state index in [0.29, 0.717) is 0 Å². The van der Waals surface area contributed by atoms with Gasteiger partial charge in [-0.05, 0) is 0 Å². The van der Waals surface area contributed by atoms with Gasteiger partial charge in [-0.2, -0.15) is 0 Å². The molecule has 110 valence electrons. The third kappa shape index (κ3) is 3.82. The molecule has 0 bridgehead atoms. The Balaban J connectivity index is 1.68. The first-order chi connectivity index (χ1) is 9.45. The van der Waals surface area contributed by atoms with Gasteiger partial charge >= 0.3 is 125 Å². The zero-order chi connectivity index (χ0) is 12.9. The molecule has 0 aromatic heterocycles. The van der Waals surface area contributed by atoms with Gasteiger partial charge < -0.3 is 0 Å². The molecule has 0 atom stereocenters. The van der Waals surface area contributed by atoms with Crippen molar-refractivity contribution < 1.29 is 15.2 Å². The SMILES string of the molecule is C1CC[CH]([V]([CH]2CCCCC2)[CH]2CCCCC2)CC1. The van der Waals surface area contributed by atoms with Crippen molar-refractivity contribution in [2.24, 2.45) is 0 Å². The second-order valence-electron chi connectivity index (χ2n) is 7.32. The number of rotatable bonds is 3. The van der Waals surface area contributed by atoms with E-state index in [9.17, 15) is 0 Å². The van der Waals surface area contributed by atoms with Gasteiger partial charge in [-0.1, -0.05) is 0 Å². The minimum absolute atomic E-state index is 0.559. The fourth-order valence-corrected chi connectivity index (χ4v) is 12.3. The van der Waals surface area contributed by atoms with E-state index in [0.717, 1.165) is 0 Å². The van der Waals surface area contributed by atoms with Gasteiger partial charge in [0.05, 0.1) is 0 Å². The van der Waals surface area contributed by atoms with Crippen LogP contribution in [0.1, 0.15) is 96.3 Å². The van der Waals surface area contributed by atoms with Crippen LogP contribution in [0.25, 0.3) is 0 Å². The van der Waals surface area contributed by atoms with Crippen LogP contribution in [-0.4, -0.2) is 0 Å². The topological polar surface area (TPSA) is 0 Å². The van der Waals surface area contributed by atoms with E-state index in [4.69, 9.17) is 0 Å². The van der Waals surface area contributed by atoms with Gasteiger partial charge in [0, 0.05) is 0 Å². The van der Waals surface area contributed by atoms with E-state index in [2.05, 4.69) is 0 Å². The van der Waals surface area contributed by atoms with E-state index in [-0.39, 0.29) is 0 Å². The predicted molar refractivity (Wildman–Crippen MR) is 80.5 cm³/mol. The first-order valence-corrected chi connectivity index (χ1v) is 11.6. The summed E-state index contributed by atoms with van der Waals surface area (Å²) >= 11 is -0.559. The van der Waals surface area contributed by atoms with Gasteiger partial charge in [0.1, 0.15) is 0 Å². The van der Waals surface area contributed by atoms with Crippen molar-refractivity contribution >= 4 is 0 Å². The molecular formula is C18H33V. The van der Waals surface area contributed by atoms with Crippen LogP contribution in [0.2, 0.25) is 13.9 Å². The molecule has 3 aliphatic carbocycles. The third-order valence-electron chi connectivity index (χ3n) is 5.99. The Morgan fingerprint density at radius 3 is 0.895 bits per heavy atom. The molecule has 0 aromatic carbocycles. The van der Waals surface area contributed by atoms with Crippen LogP contribution in [0.3, 0.4) is 0 Å². The van der Waals surface area contributed by atoms with E-state index < -0.39 is 15.2 Å². The van der Waals surface area contributed by atoms with Crippen LogP contribution in [0.15, 0.2) is 0 Å². The van der Waals surface area contributed by atoms with Crippen LogP contribution in [0.5, 0.6) is 0 Å². The maximum atomic E-state index is 1.65. The molecule has 3 rings (SSSR count). The first kappa shape index (κ1) is 14.5. The Bertz CT molecular complexity index is 202. The fourth-order valence-electron chi connectivity index (χ4n) is 5.03. The van der Waals surface area contributed by atoms with Gasteiger partial charge in [-0.15, -0.1) is 0 Å². The Hall–Kier alpha value is 0.584. The molecule has 19 heavy (non-hydrogen) atoms. The van der Waals surface area contributed by atoms with Crippen molar-refractivity contribution in [1.29, 1.82) is 0 Å². The maximum absolute atomic E-state index is 1.65. The molecule has 0 saturated heterocycles. The van der Waals surface area contributed by atoms with Crippen molar-refractivity contribution in [3.63, 3.8) is 0 Å². The summed E-state index contributed by atoms with van der Waals surface area (Å²) in [4.78, 5) is 0. The van der Waals surface area contributed by atoms with Crippen LogP contribution in [-0.2, 0) is 15.2 Å². The first-order valence-electron chi connectivity index (χ1n) is 9.22. The van der Waals surface area contributed by atoms with Crippen molar-refractivity contribution in [1.82, 2.24) is 0 Å². The fraction of sp³-hybridized carbons (Fsp3) is 1.00. The Kier molecular flexibility index (Phi) is 5.77. The van der Waals surface area contributed by atoms with Crippen molar-refractivity contribution in [3.8, 4) is 0 Å². The molecule has 0 aliphatic heterocycles. The molecule has 0 heterocycles. The van der Waals surface area contributed by atoms with E-state index >= 15 is 0 Å². The normalized spacial score (nSPS) is 28.9. The van der Waals surface area contributed by atoms with Gasteiger partial charge in [-0.3, -0.25) is 0 Å². The zero-order valence-electron chi connectivity index (χ0n) is 12.8. The van der Waals surface area contributed by atoms with Gasteiger partial charge in [0.15, 0.2) is 0 Å². The van der Waals surface area contributed by atoms with E-state index in [1.54, 1.807) is 96.3 Å². The van der Waals surface area contributed by atoms with Crippen LogP contribution >= 0.6 is 0 Å². The molecule has 0 spiro atoms. The zero-order valence-corrected chi connectivity index (χ0v) is 14.2. The summed E-state index contributed by atoms with van der Waals surface area (Å²) in [6, 6.07) is 0. The van der Waals surface area contributed by atoms with Crippen LogP contribution in [0, 0.1) is 0 Å². The van der Waals surface area contributed by atoms with Gasteiger partial charge in [0.25, 0.3) is 0 Å². The molecule has 0 aromatic rings. The molecular weight excluding hydrogens is 267 g/mol. The quantitative estimate of drug-likeness (QED) is 0.534. The summed E-state index contributed by atoms with van der Waals surface area (Å²) in [7, 11) is 0. The average molecular weight is 300 g/mol. The molecule has 0 nitrogen and oxygen atoms in total. The van der Waals surface area contributed by atoms with Crippen molar-refractivity contribution in [2.45, 2.75) is 110 Å². The number of hydrogen-bond donors (Lipinski definition) is 0. The minimum atomic E-state index is -0.559. The Morgan fingerprint density at radius 2 is 0.632 bits per heavy atom. The van der Waals surface area contributed by atoms with Crippen LogP contribution < -0.4 is 0 Å². The summed E-state index contributed by atoms with van der Waals surface area (Å²) in [5.41, 5.74) is 0. The number of hydrogen-bond acceptors (Lipinski definition) is 0. The van der Waals surface area contributed by atoms with Crippen LogP contribution in [0.4, 0.5) is 0 Å². The monoisotopic (exact) mass is 300 g/mol. The Morgan fingerprint density at radius 1 is 0.368 bits per heavy atom. The second kappa shape index (κ2) is 7.55. The molecule has 0 radical (unpaired) electrons. The van der Waals surface area contributed by atoms with Crippen molar-refractivity contribution in [3.05, 3.63) is 0 Å². The molecule has 3 aliphatic rings. The summed E-state index contributed by atoms with van der Waals surface area (Å²) in [6.07, 6.45) is 24.0. The predicted octanol–water partition coefficient (Wildman–Crippen LogP) is 6.86. The van der Waals surface area contributed by atoms with Gasteiger partial charge in [-0.25, -0.2) is 0 Å². The average Bonchev–Trinajstić information content (AvgIpc) is 2.51. The van der Waals surface area contributed by atoms with E-state index in [1.165, 1.54) is 13.9 Å². The molecule has 0 unspecified atom stereocenters. The second-order valence-corrected chi connectivity index (χ2v) is 12.1. The summed E-state index contributed by atoms with van der Waals surface area (Å²) in [6.45, 7) is 0. The van der Waals surface area contributed by atoms with Crippen molar-refractivity contribution in [2.75, 3.05) is 0 Å². The molecule has 0 amide bonds. The van der Waals surface area contributed by atoms with E-state index in [1.807, 2.05) is 0 Å².